The fourth-order valence-corrected chi connectivity index (χ4v) is 4.64. The topological polar surface area (TPSA) is 102 Å². The molecule has 1 aliphatic carbocycles. The number of rotatable bonds is 10. The van der Waals surface area contributed by atoms with Gasteiger partial charge in [-0.1, -0.05) is 19.3 Å². The number of hydrogen-bond acceptors (Lipinski definition) is 5. The third-order valence-corrected chi connectivity index (χ3v) is 6.44. The summed E-state index contributed by atoms with van der Waals surface area (Å²) in [5.74, 6) is 0.237. The van der Waals surface area contributed by atoms with E-state index in [4.69, 9.17) is 4.74 Å². The third kappa shape index (κ3) is 6.86. The summed E-state index contributed by atoms with van der Waals surface area (Å²) >= 11 is 0. The summed E-state index contributed by atoms with van der Waals surface area (Å²) in [6, 6.07) is 6.17. The minimum Gasteiger partial charge on any atom is -0.484 e. The first-order valence-corrected chi connectivity index (χ1v) is 11.5. The van der Waals surface area contributed by atoms with Gasteiger partial charge in [-0.2, -0.15) is 0 Å². The van der Waals surface area contributed by atoms with Gasteiger partial charge in [0.2, 0.25) is 10.0 Å². The molecule has 1 aliphatic rings. The van der Waals surface area contributed by atoms with Gasteiger partial charge in [0, 0.05) is 31.5 Å². The Morgan fingerprint density at radius 1 is 1.17 bits per heavy atom. The van der Waals surface area contributed by atoms with E-state index in [1.165, 1.54) is 18.6 Å². The first-order chi connectivity index (χ1) is 14.0. The van der Waals surface area contributed by atoms with Crippen LogP contribution in [0.3, 0.4) is 0 Å². The highest BCUT2D eigenvalue weighted by Crippen LogP contribution is 2.21. The standard InChI is InChI=1S/C20H28N4O4S/c25-20(22-11-4-13-24-14-12-21-16-24)15-28-18-7-9-19(10-8-18)29(26,27)23-17-5-2-1-3-6-17/h7-10,12,14,16-17,23H,1-6,11,13,15H2,(H,22,25). The smallest absolute Gasteiger partial charge is 0.257 e. The van der Waals surface area contributed by atoms with Crippen molar-refractivity contribution in [3.8, 4) is 5.75 Å². The summed E-state index contributed by atoms with van der Waals surface area (Å²) in [6.07, 6.45) is 11.2. The maximum absolute atomic E-state index is 12.5. The number of amides is 1. The lowest BCUT2D eigenvalue weighted by molar-refractivity contribution is -0.123. The molecule has 0 atom stereocenters. The summed E-state index contributed by atoms with van der Waals surface area (Å²) in [6.45, 7) is 1.22. The monoisotopic (exact) mass is 420 g/mol. The SMILES string of the molecule is O=C(COc1ccc(S(=O)(=O)NC2CCCCC2)cc1)NCCCn1ccnc1. The average Bonchev–Trinajstić information content (AvgIpc) is 3.24. The number of carbonyl (C=O) groups excluding carboxylic acids is 1. The van der Waals surface area contributed by atoms with Crippen molar-refractivity contribution in [2.75, 3.05) is 13.2 Å². The highest BCUT2D eigenvalue weighted by atomic mass is 32.2. The molecule has 29 heavy (non-hydrogen) atoms. The minimum atomic E-state index is -3.53. The number of aromatic nitrogens is 2. The number of ether oxygens (including phenoxy) is 1. The van der Waals surface area contributed by atoms with E-state index in [2.05, 4.69) is 15.0 Å². The molecule has 8 nitrogen and oxygen atoms in total. The van der Waals surface area contributed by atoms with Gasteiger partial charge in [-0.25, -0.2) is 18.1 Å². The van der Waals surface area contributed by atoms with E-state index in [1.807, 2.05) is 10.8 Å². The molecule has 0 aliphatic heterocycles. The van der Waals surface area contributed by atoms with Crippen LogP contribution in [0, 0.1) is 0 Å². The Kier molecular flexibility index (Phi) is 7.65. The second kappa shape index (κ2) is 10.4. The number of benzene rings is 1. The first kappa shape index (κ1) is 21.3. The van der Waals surface area contributed by atoms with E-state index in [0.29, 0.717) is 12.3 Å². The molecule has 0 spiro atoms. The van der Waals surface area contributed by atoms with E-state index in [0.717, 1.165) is 38.6 Å². The molecule has 0 bridgehead atoms. The number of aryl methyl sites for hydroxylation is 1. The van der Waals surface area contributed by atoms with Crippen molar-refractivity contribution in [1.82, 2.24) is 19.6 Å². The normalized spacial score (nSPS) is 15.2. The van der Waals surface area contributed by atoms with Crippen molar-refractivity contribution in [2.45, 2.75) is 56.0 Å². The molecule has 0 saturated heterocycles. The highest BCUT2D eigenvalue weighted by molar-refractivity contribution is 7.89. The van der Waals surface area contributed by atoms with Crippen LogP contribution in [-0.4, -0.2) is 43.1 Å². The van der Waals surface area contributed by atoms with Gasteiger partial charge in [0.25, 0.3) is 5.91 Å². The van der Waals surface area contributed by atoms with Gasteiger partial charge in [0.05, 0.1) is 11.2 Å². The Morgan fingerprint density at radius 2 is 1.93 bits per heavy atom. The minimum absolute atomic E-state index is 0.0159. The van der Waals surface area contributed by atoms with Crippen molar-refractivity contribution in [3.05, 3.63) is 43.0 Å². The van der Waals surface area contributed by atoms with Crippen LogP contribution in [0.4, 0.5) is 0 Å². The van der Waals surface area contributed by atoms with Crippen LogP contribution >= 0.6 is 0 Å². The molecule has 0 radical (unpaired) electrons. The summed E-state index contributed by atoms with van der Waals surface area (Å²) in [5.41, 5.74) is 0. The fourth-order valence-electron chi connectivity index (χ4n) is 3.33. The molecule has 1 fully saturated rings. The van der Waals surface area contributed by atoms with E-state index in [-0.39, 0.29) is 23.5 Å². The highest BCUT2D eigenvalue weighted by Gasteiger charge is 2.21. The van der Waals surface area contributed by atoms with Gasteiger partial charge in [-0.15, -0.1) is 0 Å². The predicted molar refractivity (Wildman–Crippen MR) is 109 cm³/mol. The zero-order chi connectivity index (χ0) is 20.5. The Balaban J connectivity index is 1.39. The zero-order valence-corrected chi connectivity index (χ0v) is 17.2. The lowest BCUT2D eigenvalue weighted by atomic mass is 9.96. The van der Waals surface area contributed by atoms with Crippen LogP contribution in [0.15, 0.2) is 47.9 Å². The molecule has 0 unspecified atom stereocenters. The van der Waals surface area contributed by atoms with Gasteiger partial charge in [0.15, 0.2) is 6.61 Å². The van der Waals surface area contributed by atoms with E-state index in [9.17, 15) is 13.2 Å². The second-order valence-corrected chi connectivity index (χ2v) is 8.93. The number of carbonyl (C=O) groups is 1. The molecule has 3 rings (SSSR count). The number of nitrogens with zero attached hydrogens (tertiary/aromatic N) is 2. The quantitative estimate of drug-likeness (QED) is 0.573. The van der Waals surface area contributed by atoms with Crippen LogP contribution < -0.4 is 14.8 Å². The summed E-state index contributed by atoms with van der Waals surface area (Å²) in [5, 5.41) is 2.79. The summed E-state index contributed by atoms with van der Waals surface area (Å²) in [7, 11) is -3.53. The summed E-state index contributed by atoms with van der Waals surface area (Å²) in [4.78, 5) is 16.0. The van der Waals surface area contributed by atoms with Gasteiger partial charge in [-0.05, 0) is 43.5 Å². The molecule has 1 aromatic heterocycles. The molecular formula is C20H28N4O4S. The molecule has 2 N–H and O–H groups in total. The lowest BCUT2D eigenvalue weighted by Gasteiger charge is -2.22. The van der Waals surface area contributed by atoms with Crippen LogP contribution in [0.5, 0.6) is 5.75 Å². The van der Waals surface area contributed by atoms with E-state index < -0.39 is 10.0 Å². The van der Waals surface area contributed by atoms with Crippen molar-refractivity contribution < 1.29 is 17.9 Å². The number of sulfonamides is 1. The molecule has 1 saturated carbocycles. The number of imidazole rings is 1. The van der Waals surface area contributed by atoms with Crippen LogP contribution in [0.2, 0.25) is 0 Å². The van der Waals surface area contributed by atoms with Gasteiger partial charge < -0.3 is 14.6 Å². The third-order valence-electron chi connectivity index (χ3n) is 4.91. The molecule has 2 aromatic rings. The van der Waals surface area contributed by atoms with Crippen molar-refractivity contribution in [1.29, 1.82) is 0 Å². The van der Waals surface area contributed by atoms with E-state index in [1.54, 1.807) is 24.7 Å². The average molecular weight is 421 g/mol. The number of nitrogens with one attached hydrogen (secondary N) is 2. The number of hydrogen-bond donors (Lipinski definition) is 2. The van der Waals surface area contributed by atoms with E-state index >= 15 is 0 Å². The lowest BCUT2D eigenvalue weighted by Crippen LogP contribution is -2.36. The van der Waals surface area contributed by atoms with Crippen molar-refractivity contribution in [3.63, 3.8) is 0 Å². The Labute approximate surface area is 171 Å². The Hall–Kier alpha value is -2.39. The van der Waals surface area contributed by atoms with Crippen LogP contribution in [-0.2, 0) is 21.4 Å². The molecule has 1 aromatic carbocycles. The maximum Gasteiger partial charge on any atom is 0.257 e. The maximum atomic E-state index is 12.5. The fraction of sp³-hybridized carbons (Fsp3) is 0.500. The molecule has 1 heterocycles. The molecule has 1 amide bonds. The van der Waals surface area contributed by atoms with Crippen LogP contribution in [0.25, 0.3) is 0 Å². The summed E-state index contributed by atoms with van der Waals surface area (Å²) < 4.78 is 35.1. The van der Waals surface area contributed by atoms with Crippen LogP contribution in [0.1, 0.15) is 38.5 Å². The second-order valence-electron chi connectivity index (χ2n) is 7.22. The molecule has 9 heteroatoms. The Bertz CT molecular complexity index is 860. The van der Waals surface area contributed by atoms with Gasteiger partial charge in [0.1, 0.15) is 5.75 Å². The predicted octanol–water partition coefficient (Wildman–Crippen LogP) is 2.08. The first-order valence-electron chi connectivity index (χ1n) is 10.0. The van der Waals surface area contributed by atoms with Gasteiger partial charge in [-0.3, -0.25) is 4.79 Å². The molecule has 158 valence electrons. The van der Waals surface area contributed by atoms with Gasteiger partial charge >= 0.3 is 0 Å². The zero-order valence-electron chi connectivity index (χ0n) is 16.4. The largest absolute Gasteiger partial charge is 0.484 e. The van der Waals surface area contributed by atoms with Crippen molar-refractivity contribution in [2.24, 2.45) is 0 Å². The molecular weight excluding hydrogens is 392 g/mol. The Morgan fingerprint density at radius 3 is 2.62 bits per heavy atom. The van der Waals surface area contributed by atoms with Crippen molar-refractivity contribution >= 4 is 15.9 Å².